The van der Waals surface area contributed by atoms with Crippen LogP contribution in [0.3, 0.4) is 0 Å². The van der Waals surface area contributed by atoms with Crippen molar-refractivity contribution in [2.24, 2.45) is 15.7 Å². The Morgan fingerprint density at radius 3 is 2.09 bits per heavy atom. The monoisotopic (exact) mass is 373 g/mol. The minimum Gasteiger partial charge on any atom is -0.862 e. The molecular weight excluding hydrogens is 359 g/mol. The zero-order valence-corrected chi connectivity index (χ0v) is 20.3. The number of carboxylic acids is 2. The van der Waals surface area contributed by atoms with Crippen molar-refractivity contribution >= 4 is 36.4 Å². The average molecular weight is 373 g/mol. The number of rotatable bonds is 9. The molecule has 13 heteroatoms. The van der Waals surface area contributed by atoms with E-state index in [-0.39, 0.29) is 107 Å². The third kappa shape index (κ3) is 16.4. The summed E-state index contributed by atoms with van der Waals surface area (Å²) in [6.07, 6.45) is -0.368. The molecule has 0 bridgehead atoms. The Bertz CT molecular complexity index is 425. The average Bonchev–Trinajstić information content (AvgIpc) is 2.38. The number of carbonyl (C=O) groups excluding carboxylic acids is 1. The van der Waals surface area contributed by atoms with Gasteiger partial charge in [-0.05, 0) is 24.6 Å². The summed E-state index contributed by atoms with van der Waals surface area (Å²) in [6, 6.07) is -2.40. The van der Waals surface area contributed by atoms with Crippen LogP contribution in [0.25, 0.3) is 0 Å². The molecule has 0 amide bonds. The summed E-state index contributed by atoms with van der Waals surface area (Å²) in [7, 11) is 0. The second-order valence-corrected chi connectivity index (χ2v) is 4.10. The molecule has 0 heterocycles. The van der Waals surface area contributed by atoms with Crippen molar-refractivity contribution in [2.45, 2.75) is 24.9 Å². The first-order valence-corrected chi connectivity index (χ1v) is 6.15. The summed E-state index contributed by atoms with van der Waals surface area (Å²) in [4.78, 5) is 27.2. The van der Waals surface area contributed by atoms with E-state index >= 15 is 0 Å². The van der Waals surface area contributed by atoms with E-state index in [1.807, 2.05) is 0 Å². The molecule has 0 fully saturated rings. The standard InChI is InChI=1S/C10H17N3O6S.3Na/c11-5(10(18)19)1-2-7(14)13-6(4-20)9(17)12-3-8(15)16;;;/h5-6,20H,1-4,11H2,(H,12,17)(H,13,14)(H,15,16)(H,18,19);;;/q;3*+1/p-3/t5-,6-;;;/m0.../s1. The largest absolute Gasteiger partial charge is 1.00 e. The molecule has 0 aromatic rings. The van der Waals surface area contributed by atoms with Crippen molar-refractivity contribution in [1.82, 2.24) is 0 Å². The summed E-state index contributed by atoms with van der Waals surface area (Å²) in [6.45, 7) is -0.823. The van der Waals surface area contributed by atoms with Gasteiger partial charge in [0.05, 0.1) is 18.6 Å². The Kier molecular flexibility index (Phi) is 25.0. The zero-order valence-electron chi connectivity index (χ0n) is 13.4. The molecule has 2 atom stereocenters. The summed E-state index contributed by atoms with van der Waals surface area (Å²) in [5, 5.41) is 41.5. The van der Waals surface area contributed by atoms with E-state index in [1.165, 1.54) is 0 Å². The molecular formula is C10H14N3Na3O6S. The van der Waals surface area contributed by atoms with Crippen molar-refractivity contribution in [3.8, 4) is 0 Å². The fourth-order valence-corrected chi connectivity index (χ4v) is 1.30. The third-order valence-corrected chi connectivity index (χ3v) is 2.45. The van der Waals surface area contributed by atoms with Crippen LogP contribution in [0.1, 0.15) is 12.8 Å². The molecule has 0 aliphatic carbocycles. The van der Waals surface area contributed by atoms with Crippen LogP contribution in [0, 0.1) is 0 Å². The Balaban J connectivity index is -0.000000602. The van der Waals surface area contributed by atoms with Crippen molar-refractivity contribution < 1.29 is 119 Å². The molecule has 0 saturated carbocycles. The van der Waals surface area contributed by atoms with Gasteiger partial charge in [0.2, 0.25) is 0 Å². The Labute approximate surface area is 205 Å². The molecule has 0 aliphatic heterocycles. The quantitative estimate of drug-likeness (QED) is 0.156. The Morgan fingerprint density at radius 2 is 1.70 bits per heavy atom. The number of thiol groups is 1. The van der Waals surface area contributed by atoms with Crippen LogP contribution < -0.4 is 110 Å². The van der Waals surface area contributed by atoms with E-state index in [9.17, 15) is 24.9 Å². The Hall–Kier alpha value is 1.19. The van der Waals surface area contributed by atoms with E-state index in [2.05, 4.69) is 22.6 Å². The minimum absolute atomic E-state index is 0. The van der Waals surface area contributed by atoms with E-state index < -0.39 is 42.4 Å². The summed E-state index contributed by atoms with van der Waals surface area (Å²) < 4.78 is 0. The molecule has 3 N–H and O–H groups in total. The van der Waals surface area contributed by atoms with Crippen LogP contribution in [-0.2, 0) is 9.59 Å². The fourth-order valence-electron chi connectivity index (χ4n) is 1.06. The maximum atomic E-state index is 11.4. The van der Waals surface area contributed by atoms with Gasteiger partial charge in [0.15, 0.2) is 0 Å². The SMILES string of the molecule is N[C@@H](CCC([O-])=N[C@@H](CS)C([O-])=NCC(=O)[O-])C(=O)O.[Na+].[Na+].[Na+]. The molecule has 0 spiro atoms. The molecule has 23 heavy (non-hydrogen) atoms. The predicted molar refractivity (Wildman–Crippen MR) is 67.2 cm³/mol. The van der Waals surface area contributed by atoms with Crippen molar-refractivity contribution in [2.75, 3.05) is 12.3 Å². The van der Waals surface area contributed by atoms with Gasteiger partial charge in [0.1, 0.15) is 6.04 Å². The summed E-state index contributed by atoms with van der Waals surface area (Å²) in [5.41, 5.74) is 5.20. The topological polar surface area (TPSA) is 174 Å². The van der Waals surface area contributed by atoms with Crippen molar-refractivity contribution in [3.63, 3.8) is 0 Å². The zero-order chi connectivity index (χ0) is 15.7. The number of nitrogens with zero attached hydrogens (tertiary/aromatic N) is 2. The normalized spacial score (nSPS) is 13.7. The maximum absolute atomic E-state index is 11.4. The Morgan fingerprint density at radius 1 is 1.17 bits per heavy atom. The number of aliphatic imine (C=N–C) groups is 2. The molecule has 0 aliphatic rings. The number of hydrogen-bond acceptors (Lipinski definition) is 9. The second-order valence-electron chi connectivity index (χ2n) is 3.73. The predicted octanol–water partition coefficient (Wildman–Crippen LogP) is -13.2. The number of carbonyl (C=O) groups is 2. The van der Waals surface area contributed by atoms with Crippen LogP contribution in [0.15, 0.2) is 9.98 Å². The molecule has 0 radical (unpaired) electrons. The number of carboxylic acid groups (broad SMARTS) is 2. The molecule has 0 aromatic carbocycles. The van der Waals surface area contributed by atoms with Gasteiger partial charge < -0.3 is 31.0 Å². The summed E-state index contributed by atoms with van der Waals surface area (Å²) >= 11 is 3.81. The van der Waals surface area contributed by atoms with Crippen LogP contribution >= 0.6 is 12.6 Å². The van der Waals surface area contributed by atoms with Gasteiger partial charge in [-0.3, -0.25) is 14.8 Å². The molecule has 0 aromatic heterocycles. The first-order chi connectivity index (χ1) is 9.27. The smallest absolute Gasteiger partial charge is 0.862 e. The first-order valence-electron chi connectivity index (χ1n) is 5.52. The van der Waals surface area contributed by atoms with Crippen LogP contribution in [0.2, 0.25) is 0 Å². The third-order valence-electron chi connectivity index (χ3n) is 2.11. The van der Waals surface area contributed by atoms with Gasteiger partial charge in [-0.1, -0.05) is 0 Å². The van der Waals surface area contributed by atoms with Gasteiger partial charge >= 0.3 is 94.6 Å². The van der Waals surface area contributed by atoms with Gasteiger partial charge in [0, 0.05) is 5.75 Å². The number of aliphatic carboxylic acids is 2. The van der Waals surface area contributed by atoms with Gasteiger partial charge in [-0.25, -0.2) is 0 Å². The molecule has 0 saturated heterocycles. The fraction of sp³-hybridized carbons (Fsp3) is 0.600. The maximum Gasteiger partial charge on any atom is 1.00 e. The first kappa shape index (κ1) is 31.9. The van der Waals surface area contributed by atoms with E-state index in [0.29, 0.717) is 0 Å². The summed E-state index contributed by atoms with van der Waals surface area (Å²) in [5.74, 6) is -4.54. The van der Waals surface area contributed by atoms with Gasteiger partial charge in [0.25, 0.3) is 0 Å². The van der Waals surface area contributed by atoms with Crippen LogP contribution in [0.4, 0.5) is 0 Å². The van der Waals surface area contributed by atoms with E-state index in [4.69, 9.17) is 10.8 Å². The van der Waals surface area contributed by atoms with E-state index in [1.54, 1.807) is 0 Å². The molecule has 114 valence electrons. The second kappa shape index (κ2) is 18.0. The van der Waals surface area contributed by atoms with Gasteiger partial charge in [-0.2, -0.15) is 12.6 Å². The number of nitrogens with two attached hydrogens (primary N) is 1. The van der Waals surface area contributed by atoms with Crippen molar-refractivity contribution in [3.05, 3.63) is 0 Å². The number of hydrogen-bond donors (Lipinski definition) is 3. The molecule has 0 rings (SSSR count). The van der Waals surface area contributed by atoms with Crippen LogP contribution in [-0.4, -0.2) is 53.2 Å². The molecule has 9 nitrogen and oxygen atoms in total. The van der Waals surface area contributed by atoms with E-state index in [0.717, 1.165) is 0 Å². The van der Waals surface area contributed by atoms with Crippen LogP contribution in [0.5, 0.6) is 0 Å². The van der Waals surface area contributed by atoms with Crippen molar-refractivity contribution in [1.29, 1.82) is 0 Å². The minimum atomic E-state index is -1.53. The molecule has 0 unspecified atom stereocenters. The van der Waals surface area contributed by atoms with Gasteiger partial charge in [-0.15, -0.1) is 0 Å².